The number of methoxy groups -OCH3 is 1. The van der Waals surface area contributed by atoms with Crippen LogP contribution < -0.4 is 20.1 Å². The number of nitrogens with one attached hydrogen (secondary N) is 3. The van der Waals surface area contributed by atoms with Crippen molar-refractivity contribution in [3.05, 3.63) is 29.8 Å². The van der Waals surface area contributed by atoms with Crippen molar-refractivity contribution < 1.29 is 22.7 Å². The monoisotopic (exact) mass is 483 g/mol. The quantitative estimate of drug-likeness (QED) is 0.491. The minimum absolute atomic E-state index is 0.0138. The van der Waals surface area contributed by atoms with Crippen molar-refractivity contribution >= 4 is 33.6 Å². The van der Waals surface area contributed by atoms with Gasteiger partial charge in [-0.25, -0.2) is 8.42 Å². The summed E-state index contributed by atoms with van der Waals surface area (Å²) < 4.78 is 34.1. The van der Waals surface area contributed by atoms with Crippen LogP contribution in [0.25, 0.3) is 0 Å². The summed E-state index contributed by atoms with van der Waals surface area (Å²) >= 11 is 1.46. The van der Waals surface area contributed by atoms with Crippen molar-refractivity contribution in [3.8, 4) is 5.75 Å². The molecule has 0 spiro atoms. The van der Waals surface area contributed by atoms with Crippen molar-refractivity contribution in [2.75, 3.05) is 19.4 Å². The molecule has 1 unspecified atom stereocenters. The molecule has 32 heavy (non-hydrogen) atoms. The van der Waals surface area contributed by atoms with Crippen LogP contribution in [0.1, 0.15) is 44.6 Å². The Balaban J connectivity index is 1.69. The predicted molar refractivity (Wildman–Crippen MR) is 126 cm³/mol. The van der Waals surface area contributed by atoms with E-state index in [2.05, 4.69) is 15.4 Å². The lowest BCUT2D eigenvalue weighted by atomic mass is 9.85. The summed E-state index contributed by atoms with van der Waals surface area (Å²) in [6.07, 6.45) is 5.06. The first kappa shape index (κ1) is 24.9. The second-order valence-corrected chi connectivity index (χ2v) is 11.5. The van der Waals surface area contributed by atoms with Gasteiger partial charge in [0.1, 0.15) is 17.2 Å². The van der Waals surface area contributed by atoms with Gasteiger partial charge in [-0.1, -0.05) is 31.4 Å². The average molecular weight is 484 g/mol. The summed E-state index contributed by atoms with van der Waals surface area (Å²) in [5, 5.41) is 4.53. The Morgan fingerprint density at radius 1 is 1.19 bits per heavy atom. The van der Waals surface area contributed by atoms with Crippen LogP contribution in [-0.2, 0) is 26.0 Å². The molecule has 178 valence electrons. The summed E-state index contributed by atoms with van der Waals surface area (Å²) in [5.41, 5.74) is 0.880. The highest BCUT2D eigenvalue weighted by molar-refractivity contribution is 8.00. The Morgan fingerprint density at radius 2 is 1.88 bits per heavy atom. The van der Waals surface area contributed by atoms with Crippen LogP contribution in [0.4, 0.5) is 0 Å². The summed E-state index contributed by atoms with van der Waals surface area (Å²) in [7, 11) is -2.35. The molecule has 1 saturated carbocycles. The fraction of sp³-hybridized carbons (Fsp3) is 0.636. The third kappa shape index (κ3) is 6.62. The topological polar surface area (TPSA) is 114 Å². The van der Waals surface area contributed by atoms with Gasteiger partial charge in [-0.15, -0.1) is 11.8 Å². The molecule has 2 fully saturated rings. The van der Waals surface area contributed by atoms with E-state index in [0.717, 1.165) is 50.0 Å². The number of rotatable bonds is 9. The molecule has 2 aliphatic rings. The zero-order chi connectivity index (χ0) is 23.1. The number of carbonyl (C=O) groups excluding carboxylic acids is 2. The molecular weight excluding hydrogens is 450 g/mol. The van der Waals surface area contributed by atoms with Gasteiger partial charge in [-0.2, -0.15) is 0 Å². The third-order valence-corrected chi connectivity index (χ3v) is 9.11. The Hall–Kier alpha value is -1.78. The van der Waals surface area contributed by atoms with E-state index in [9.17, 15) is 18.0 Å². The largest absolute Gasteiger partial charge is 0.497 e. The van der Waals surface area contributed by atoms with Crippen LogP contribution in [0.2, 0.25) is 0 Å². The summed E-state index contributed by atoms with van der Waals surface area (Å²) in [6, 6.07) is 6.40. The third-order valence-electron chi connectivity index (χ3n) is 6.12. The highest BCUT2D eigenvalue weighted by atomic mass is 32.2. The number of thioether (sulfide) groups is 1. The Morgan fingerprint density at radius 3 is 2.47 bits per heavy atom. The average Bonchev–Trinajstić information content (AvgIpc) is 3.33. The number of benzene rings is 1. The second-order valence-electron chi connectivity index (χ2n) is 8.44. The molecule has 8 nitrogen and oxygen atoms in total. The predicted octanol–water partition coefficient (Wildman–Crippen LogP) is 1.80. The minimum atomic E-state index is -3.94. The van der Waals surface area contributed by atoms with E-state index >= 15 is 0 Å². The second kappa shape index (κ2) is 11.4. The van der Waals surface area contributed by atoms with Gasteiger partial charge in [0.25, 0.3) is 5.91 Å². The fourth-order valence-electron chi connectivity index (χ4n) is 4.28. The van der Waals surface area contributed by atoms with Crippen LogP contribution in [0.15, 0.2) is 24.3 Å². The van der Waals surface area contributed by atoms with Crippen molar-refractivity contribution in [3.63, 3.8) is 0 Å². The molecule has 0 bridgehead atoms. The smallest absolute Gasteiger partial charge is 0.255 e. The molecule has 3 rings (SSSR count). The molecule has 1 aromatic rings. The fourth-order valence-corrected chi connectivity index (χ4v) is 7.01. The molecule has 2 amide bonds. The van der Waals surface area contributed by atoms with Crippen LogP contribution in [0.5, 0.6) is 5.75 Å². The Labute approximate surface area is 194 Å². The van der Waals surface area contributed by atoms with Crippen LogP contribution in [-0.4, -0.2) is 56.3 Å². The molecular formula is C22H33N3O5S2. The number of hydrogen-bond acceptors (Lipinski definition) is 7. The van der Waals surface area contributed by atoms with E-state index in [-0.39, 0.29) is 11.8 Å². The van der Waals surface area contributed by atoms with Crippen molar-refractivity contribution in [1.29, 1.82) is 0 Å². The zero-order valence-electron chi connectivity index (χ0n) is 18.6. The Kier molecular flexibility index (Phi) is 8.84. The highest BCUT2D eigenvalue weighted by Crippen LogP contribution is 2.32. The van der Waals surface area contributed by atoms with Gasteiger partial charge in [-0.05, 0) is 49.8 Å². The molecule has 1 aromatic carbocycles. The number of carbonyl (C=O) groups is 2. The molecule has 3 atom stereocenters. The molecule has 1 aliphatic carbocycles. The highest BCUT2D eigenvalue weighted by Gasteiger charge is 2.36. The van der Waals surface area contributed by atoms with Gasteiger partial charge in [-0.3, -0.25) is 19.6 Å². The van der Waals surface area contributed by atoms with E-state index in [1.165, 1.54) is 18.7 Å². The first-order valence-electron chi connectivity index (χ1n) is 11.1. The normalized spacial score (nSPS) is 21.5. The van der Waals surface area contributed by atoms with Gasteiger partial charge in [0.2, 0.25) is 15.9 Å². The number of sulfonamides is 1. The summed E-state index contributed by atoms with van der Waals surface area (Å²) in [6.45, 7) is 2.23. The molecule has 1 heterocycles. The van der Waals surface area contributed by atoms with Gasteiger partial charge in [0, 0.05) is 12.3 Å². The van der Waals surface area contributed by atoms with E-state index in [1.807, 2.05) is 24.3 Å². The standard InChI is InChI=1S/C22H33N3O5S2/c1-15(24-21(27)22-23-12-13-31-22)20(26)25-32(28,29)19(17-6-4-3-5-7-17)14-16-8-10-18(30-2)11-9-16/h8-11,15,17,19,22-23H,3-7,12-14H2,1-2H3,(H,24,27)(H,25,26)/t15-,19?,22+/m1/s1. The maximum atomic E-state index is 13.3. The number of ether oxygens (including phenoxy) is 1. The van der Waals surface area contributed by atoms with Gasteiger partial charge in [0.05, 0.1) is 12.4 Å². The molecule has 0 radical (unpaired) electrons. The van der Waals surface area contributed by atoms with Gasteiger partial charge < -0.3 is 10.1 Å². The lowest BCUT2D eigenvalue weighted by molar-refractivity contribution is -0.127. The minimum Gasteiger partial charge on any atom is -0.497 e. The summed E-state index contributed by atoms with van der Waals surface area (Å²) in [5.74, 6) is 0.492. The molecule has 1 aliphatic heterocycles. The Bertz CT molecular complexity index is 879. The maximum absolute atomic E-state index is 13.3. The maximum Gasteiger partial charge on any atom is 0.255 e. The first-order valence-corrected chi connectivity index (χ1v) is 13.7. The van der Waals surface area contributed by atoms with E-state index in [4.69, 9.17) is 4.74 Å². The van der Waals surface area contributed by atoms with Crippen LogP contribution in [0.3, 0.4) is 0 Å². The summed E-state index contributed by atoms with van der Waals surface area (Å²) in [4.78, 5) is 24.9. The van der Waals surface area contributed by atoms with Gasteiger partial charge >= 0.3 is 0 Å². The molecule has 0 aromatic heterocycles. The van der Waals surface area contributed by atoms with Crippen molar-refractivity contribution in [2.45, 2.75) is 62.1 Å². The van der Waals surface area contributed by atoms with Crippen molar-refractivity contribution in [1.82, 2.24) is 15.4 Å². The van der Waals surface area contributed by atoms with Crippen molar-refractivity contribution in [2.24, 2.45) is 5.92 Å². The van der Waals surface area contributed by atoms with E-state index in [1.54, 1.807) is 7.11 Å². The molecule has 1 saturated heterocycles. The molecule has 3 N–H and O–H groups in total. The number of amides is 2. The SMILES string of the molecule is COc1ccc(CC(C2CCCCC2)S(=O)(=O)NC(=O)[C@@H](C)NC(=O)[C@H]2NCCS2)cc1. The van der Waals surface area contributed by atoms with Gasteiger partial charge in [0.15, 0.2) is 0 Å². The lowest BCUT2D eigenvalue weighted by Gasteiger charge is -2.30. The van der Waals surface area contributed by atoms with Crippen LogP contribution in [0, 0.1) is 5.92 Å². The van der Waals surface area contributed by atoms with E-state index < -0.39 is 32.6 Å². The van der Waals surface area contributed by atoms with Crippen LogP contribution >= 0.6 is 11.8 Å². The number of hydrogen-bond donors (Lipinski definition) is 3. The van der Waals surface area contributed by atoms with E-state index in [0.29, 0.717) is 12.2 Å². The lowest BCUT2D eigenvalue weighted by Crippen LogP contribution is -2.52. The zero-order valence-corrected chi connectivity index (χ0v) is 20.3. The first-order chi connectivity index (χ1) is 15.3. The molecule has 10 heteroatoms.